The predicted octanol–water partition coefficient (Wildman–Crippen LogP) is 1.29. The first-order valence-corrected chi connectivity index (χ1v) is 8.11. The maximum absolute atomic E-state index is 12.3. The maximum atomic E-state index is 12.3. The van der Waals surface area contributed by atoms with Gasteiger partial charge in [0.1, 0.15) is 11.2 Å². The second-order valence-corrected chi connectivity index (χ2v) is 6.78. The maximum Gasteiger partial charge on any atom is 0.338 e. The van der Waals surface area contributed by atoms with E-state index in [0.29, 0.717) is 18.8 Å². The van der Waals surface area contributed by atoms with Crippen LogP contribution < -0.4 is 5.32 Å². The highest BCUT2D eigenvalue weighted by Gasteiger charge is 2.43. The van der Waals surface area contributed by atoms with Crippen LogP contribution in [-0.2, 0) is 20.1 Å². The van der Waals surface area contributed by atoms with Crippen molar-refractivity contribution < 1.29 is 24.2 Å². The van der Waals surface area contributed by atoms with E-state index in [1.54, 1.807) is 13.8 Å². The summed E-state index contributed by atoms with van der Waals surface area (Å²) >= 11 is 0. The van der Waals surface area contributed by atoms with Crippen LogP contribution in [0.5, 0.6) is 0 Å². The minimum absolute atomic E-state index is 0.0447. The van der Waals surface area contributed by atoms with Crippen molar-refractivity contribution in [1.29, 1.82) is 0 Å². The van der Waals surface area contributed by atoms with Crippen LogP contribution in [-0.4, -0.2) is 46.6 Å². The summed E-state index contributed by atoms with van der Waals surface area (Å²) in [6.45, 7) is 8.06. The highest BCUT2D eigenvalue weighted by molar-refractivity contribution is 6.17. The first kappa shape index (κ1) is 17.5. The fourth-order valence-corrected chi connectivity index (χ4v) is 2.79. The Morgan fingerprint density at radius 3 is 2.48 bits per heavy atom. The number of carboxylic acid groups (broad SMARTS) is 1. The largest absolute Gasteiger partial charge is 0.478 e. The first-order chi connectivity index (χ1) is 11.7. The third kappa shape index (κ3) is 2.81. The molecule has 0 aromatic carbocycles. The molecule has 1 unspecified atom stereocenters. The molecule has 0 bridgehead atoms. The number of carbonyl (C=O) groups excluding carboxylic acids is 1. The van der Waals surface area contributed by atoms with Crippen molar-refractivity contribution in [3.05, 3.63) is 29.1 Å². The topological polar surface area (TPSA) is 110 Å². The second kappa shape index (κ2) is 5.89. The Morgan fingerprint density at radius 1 is 1.32 bits per heavy atom. The summed E-state index contributed by atoms with van der Waals surface area (Å²) in [5, 5.41) is 12.3. The Kier molecular flexibility index (Phi) is 4.12. The number of aromatic nitrogens is 1. The van der Waals surface area contributed by atoms with E-state index in [-0.39, 0.29) is 28.9 Å². The van der Waals surface area contributed by atoms with Crippen LogP contribution in [0.1, 0.15) is 49.3 Å². The molecule has 3 heterocycles. The molecule has 0 saturated carbocycles. The van der Waals surface area contributed by atoms with Crippen molar-refractivity contribution in [2.24, 2.45) is 10.9 Å². The van der Waals surface area contributed by atoms with Crippen molar-refractivity contribution in [1.82, 2.24) is 10.3 Å². The minimum Gasteiger partial charge on any atom is -0.478 e. The number of nitrogens with one attached hydrogen (secondary N) is 1. The van der Waals surface area contributed by atoms with Crippen LogP contribution >= 0.6 is 0 Å². The molecule has 1 saturated heterocycles. The third-order valence-corrected chi connectivity index (χ3v) is 4.87. The SMILES string of the molecule is CC(C)C1(C)N=C(c2ncc(C3(C)OCCO3)cc2C(=O)O)NC1=O. The molecule has 1 amide bonds. The van der Waals surface area contributed by atoms with Crippen molar-refractivity contribution in [2.75, 3.05) is 13.2 Å². The van der Waals surface area contributed by atoms with Crippen LogP contribution in [0.2, 0.25) is 0 Å². The van der Waals surface area contributed by atoms with Crippen molar-refractivity contribution in [3.63, 3.8) is 0 Å². The van der Waals surface area contributed by atoms with Gasteiger partial charge in [0.2, 0.25) is 0 Å². The Balaban J connectivity index is 2.06. The summed E-state index contributed by atoms with van der Waals surface area (Å²) in [4.78, 5) is 32.7. The van der Waals surface area contributed by atoms with E-state index < -0.39 is 17.3 Å². The Hall–Kier alpha value is -2.32. The minimum atomic E-state index is -1.17. The van der Waals surface area contributed by atoms with Gasteiger partial charge in [0.15, 0.2) is 11.6 Å². The van der Waals surface area contributed by atoms with Gasteiger partial charge in [-0.2, -0.15) is 0 Å². The molecule has 8 heteroatoms. The Labute approximate surface area is 145 Å². The number of aromatic carboxylic acids is 1. The third-order valence-electron chi connectivity index (χ3n) is 4.87. The van der Waals surface area contributed by atoms with Crippen LogP contribution in [0.3, 0.4) is 0 Å². The number of amidine groups is 1. The van der Waals surface area contributed by atoms with Gasteiger partial charge in [-0.25, -0.2) is 9.79 Å². The van der Waals surface area contributed by atoms with E-state index in [1.807, 2.05) is 13.8 Å². The number of hydrogen-bond acceptors (Lipinski definition) is 6. The normalized spacial score (nSPS) is 25.2. The van der Waals surface area contributed by atoms with E-state index in [2.05, 4.69) is 15.3 Å². The summed E-state index contributed by atoms with van der Waals surface area (Å²) in [5.41, 5.74) is -0.391. The van der Waals surface area contributed by atoms with E-state index in [9.17, 15) is 14.7 Å². The van der Waals surface area contributed by atoms with Crippen molar-refractivity contribution >= 4 is 17.7 Å². The van der Waals surface area contributed by atoms with Crippen molar-refractivity contribution in [2.45, 2.75) is 39.0 Å². The lowest BCUT2D eigenvalue weighted by molar-refractivity contribution is -0.150. The van der Waals surface area contributed by atoms with Gasteiger partial charge >= 0.3 is 5.97 Å². The molecule has 0 spiro atoms. The molecule has 2 N–H and O–H groups in total. The van der Waals surface area contributed by atoms with Gasteiger partial charge in [-0.05, 0) is 25.8 Å². The summed E-state index contributed by atoms with van der Waals surface area (Å²) in [5.74, 6) is -2.33. The van der Waals surface area contributed by atoms with Gasteiger partial charge in [0.25, 0.3) is 5.91 Å². The molecule has 1 fully saturated rings. The zero-order valence-corrected chi connectivity index (χ0v) is 14.6. The van der Waals surface area contributed by atoms with Gasteiger partial charge in [0.05, 0.1) is 18.8 Å². The summed E-state index contributed by atoms with van der Waals surface area (Å²) in [6, 6.07) is 1.45. The molecule has 2 aliphatic rings. The Morgan fingerprint density at radius 2 is 1.96 bits per heavy atom. The lowest BCUT2D eigenvalue weighted by atomic mass is 9.89. The molecular weight excluding hydrogens is 326 g/mol. The zero-order chi connectivity index (χ0) is 18.4. The molecule has 0 radical (unpaired) electrons. The fourth-order valence-electron chi connectivity index (χ4n) is 2.79. The lowest BCUT2D eigenvalue weighted by Gasteiger charge is -2.23. The standard InChI is InChI=1S/C17H21N3O5/c1-9(2)16(3)15(23)19-13(20-16)12-11(14(21)22)7-10(8-18-12)17(4)24-5-6-25-17/h7-9H,5-6H2,1-4H3,(H,21,22)(H,19,20,23). The van der Waals surface area contributed by atoms with Gasteiger partial charge < -0.3 is 19.9 Å². The predicted molar refractivity (Wildman–Crippen MR) is 88.4 cm³/mol. The number of aliphatic imine (C=N–C) groups is 1. The molecule has 1 aromatic heterocycles. The molecule has 3 rings (SSSR count). The smallest absolute Gasteiger partial charge is 0.338 e. The highest BCUT2D eigenvalue weighted by atomic mass is 16.7. The van der Waals surface area contributed by atoms with Crippen LogP contribution in [0.15, 0.2) is 17.3 Å². The van der Waals surface area contributed by atoms with E-state index in [4.69, 9.17) is 9.47 Å². The molecule has 134 valence electrons. The molecule has 25 heavy (non-hydrogen) atoms. The van der Waals surface area contributed by atoms with Crippen molar-refractivity contribution in [3.8, 4) is 0 Å². The Bertz CT molecular complexity index is 768. The van der Waals surface area contributed by atoms with Crippen LogP contribution in [0.25, 0.3) is 0 Å². The summed E-state index contributed by atoms with van der Waals surface area (Å²) in [6.07, 6.45) is 1.49. The number of ether oxygens (including phenoxy) is 2. The van der Waals surface area contributed by atoms with Crippen LogP contribution in [0.4, 0.5) is 0 Å². The second-order valence-electron chi connectivity index (χ2n) is 6.78. The molecule has 8 nitrogen and oxygen atoms in total. The average molecular weight is 347 g/mol. The lowest BCUT2D eigenvalue weighted by Crippen LogP contribution is -2.41. The number of rotatable bonds is 4. The van der Waals surface area contributed by atoms with E-state index in [0.717, 1.165) is 0 Å². The highest BCUT2D eigenvalue weighted by Crippen LogP contribution is 2.32. The van der Waals surface area contributed by atoms with E-state index >= 15 is 0 Å². The molecule has 2 aliphatic heterocycles. The average Bonchev–Trinajstić information content (AvgIpc) is 3.13. The summed E-state index contributed by atoms with van der Waals surface area (Å²) in [7, 11) is 0. The molecule has 0 aliphatic carbocycles. The fraction of sp³-hybridized carbons (Fsp3) is 0.529. The molecular formula is C17H21N3O5. The first-order valence-electron chi connectivity index (χ1n) is 8.11. The number of nitrogens with zero attached hydrogens (tertiary/aromatic N) is 2. The number of amides is 1. The number of carboxylic acids is 1. The monoisotopic (exact) mass is 347 g/mol. The number of hydrogen-bond donors (Lipinski definition) is 2. The van der Waals surface area contributed by atoms with Crippen LogP contribution in [0, 0.1) is 5.92 Å². The van der Waals surface area contributed by atoms with Gasteiger partial charge in [-0.3, -0.25) is 9.78 Å². The number of carbonyl (C=O) groups is 2. The van der Waals surface area contributed by atoms with Gasteiger partial charge in [-0.15, -0.1) is 0 Å². The number of pyridine rings is 1. The molecule has 1 atom stereocenters. The molecule has 1 aromatic rings. The zero-order valence-electron chi connectivity index (χ0n) is 14.6. The van der Waals surface area contributed by atoms with Gasteiger partial charge in [-0.1, -0.05) is 13.8 Å². The summed E-state index contributed by atoms with van der Waals surface area (Å²) < 4.78 is 11.1. The quantitative estimate of drug-likeness (QED) is 0.849. The van der Waals surface area contributed by atoms with Gasteiger partial charge in [0, 0.05) is 11.8 Å². The van der Waals surface area contributed by atoms with E-state index in [1.165, 1.54) is 12.3 Å².